The number of rotatable bonds is 1. The van der Waals surface area contributed by atoms with Crippen LogP contribution in [0, 0.1) is 11.6 Å². The molecule has 7 heteroatoms. The Labute approximate surface area is 75.1 Å². The molecule has 0 amide bonds. The first kappa shape index (κ1) is 10.6. The fourth-order valence-electron chi connectivity index (χ4n) is 0.783. The van der Waals surface area contributed by atoms with Crippen LogP contribution in [0.1, 0.15) is 0 Å². The highest BCUT2D eigenvalue weighted by Gasteiger charge is 2.33. The summed E-state index contributed by atoms with van der Waals surface area (Å²) in [5, 5.41) is 0. The van der Waals surface area contributed by atoms with Crippen molar-refractivity contribution in [1.82, 2.24) is 0 Å². The van der Waals surface area contributed by atoms with E-state index < -0.39 is 23.7 Å². The zero-order valence-electron chi connectivity index (χ0n) is 6.53. The van der Waals surface area contributed by atoms with Crippen LogP contribution in [0.25, 0.3) is 0 Å². The molecule has 0 atom stereocenters. The summed E-state index contributed by atoms with van der Waals surface area (Å²) in [4.78, 5) is 0. The summed E-state index contributed by atoms with van der Waals surface area (Å²) in [5.74, 6) is -4.50. The van der Waals surface area contributed by atoms with E-state index in [-0.39, 0.29) is 5.69 Å². The highest BCUT2D eigenvalue weighted by Crippen LogP contribution is 2.28. The molecule has 1 rings (SSSR count). The molecule has 0 bridgehead atoms. The van der Waals surface area contributed by atoms with Gasteiger partial charge in [0.2, 0.25) is 5.82 Å². The molecule has 0 heterocycles. The van der Waals surface area contributed by atoms with Crippen LogP contribution in [0.2, 0.25) is 0 Å². The molecule has 78 valence electrons. The third kappa shape index (κ3) is 2.48. The monoisotopic (exact) mass is 213 g/mol. The second-order valence-electron chi connectivity index (χ2n) is 2.36. The van der Waals surface area contributed by atoms with E-state index in [0.717, 1.165) is 0 Å². The Morgan fingerprint density at radius 1 is 1.14 bits per heavy atom. The highest BCUT2D eigenvalue weighted by atomic mass is 19.4. The zero-order valence-corrected chi connectivity index (χ0v) is 6.53. The molecule has 1 aromatic rings. The van der Waals surface area contributed by atoms with Crippen LogP contribution < -0.4 is 10.5 Å². The van der Waals surface area contributed by atoms with Crippen molar-refractivity contribution in [3.05, 3.63) is 23.8 Å². The largest absolute Gasteiger partial charge is 0.573 e. The van der Waals surface area contributed by atoms with Crippen molar-refractivity contribution in [3.8, 4) is 5.75 Å². The molecule has 0 aliphatic rings. The zero-order chi connectivity index (χ0) is 10.9. The second kappa shape index (κ2) is 3.32. The number of hydrogen-bond donors (Lipinski definition) is 1. The Morgan fingerprint density at radius 3 is 2.21 bits per heavy atom. The van der Waals surface area contributed by atoms with Gasteiger partial charge in [0.25, 0.3) is 0 Å². The maximum atomic E-state index is 12.7. The second-order valence-corrected chi connectivity index (χ2v) is 2.36. The molecule has 2 nitrogen and oxygen atoms in total. The third-order valence-corrected chi connectivity index (χ3v) is 1.24. The standard InChI is InChI=1S/C7H4F5NO/c8-4-1-3(13)2-5(6(4)9)14-7(10,11)12/h1-2H,13H2. The van der Waals surface area contributed by atoms with Gasteiger partial charge in [-0.1, -0.05) is 0 Å². The van der Waals surface area contributed by atoms with Crippen LogP contribution in [0.4, 0.5) is 27.6 Å². The molecule has 0 fully saturated rings. The lowest BCUT2D eigenvalue weighted by atomic mass is 10.3. The van der Waals surface area contributed by atoms with Crippen LogP contribution in [-0.4, -0.2) is 6.36 Å². The van der Waals surface area contributed by atoms with E-state index in [1.165, 1.54) is 0 Å². The molecule has 0 spiro atoms. The number of alkyl halides is 3. The van der Waals surface area contributed by atoms with Crippen molar-refractivity contribution < 1.29 is 26.7 Å². The molecule has 0 aliphatic carbocycles. The lowest BCUT2D eigenvalue weighted by Crippen LogP contribution is -2.18. The molecule has 0 saturated heterocycles. The van der Waals surface area contributed by atoms with Gasteiger partial charge in [-0.2, -0.15) is 4.39 Å². The van der Waals surface area contributed by atoms with Crippen molar-refractivity contribution in [2.24, 2.45) is 0 Å². The maximum absolute atomic E-state index is 12.7. The number of ether oxygens (including phenoxy) is 1. The average molecular weight is 213 g/mol. The molecule has 1 aromatic carbocycles. The van der Waals surface area contributed by atoms with Gasteiger partial charge >= 0.3 is 6.36 Å². The summed E-state index contributed by atoms with van der Waals surface area (Å²) in [6, 6.07) is 1.10. The highest BCUT2D eigenvalue weighted by molar-refractivity contribution is 5.45. The van der Waals surface area contributed by atoms with Crippen molar-refractivity contribution in [2.45, 2.75) is 6.36 Å². The SMILES string of the molecule is Nc1cc(F)c(F)c(OC(F)(F)F)c1. The topological polar surface area (TPSA) is 35.2 Å². The van der Waals surface area contributed by atoms with E-state index in [4.69, 9.17) is 5.73 Å². The first-order valence-electron chi connectivity index (χ1n) is 3.30. The van der Waals surface area contributed by atoms with Crippen molar-refractivity contribution in [3.63, 3.8) is 0 Å². The van der Waals surface area contributed by atoms with Gasteiger partial charge in [0.15, 0.2) is 11.6 Å². The Balaban J connectivity index is 3.09. The predicted octanol–water partition coefficient (Wildman–Crippen LogP) is 2.45. The van der Waals surface area contributed by atoms with Gasteiger partial charge in [0.05, 0.1) is 0 Å². The normalized spacial score (nSPS) is 11.5. The van der Waals surface area contributed by atoms with E-state index in [2.05, 4.69) is 4.74 Å². The molecule has 0 radical (unpaired) electrons. The Bertz CT molecular complexity index is 349. The van der Waals surface area contributed by atoms with Crippen molar-refractivity contribution in [2.75, 3.05) is 5.73 Å². The summed E-state index contributed by atoms with van der Waals surface area (Å²) in [7, 11) is 0. The van der Waals surface area contributed by atoms with Gasteiger partial charge in [-0.15, -0.1) is 13.2 Å². The molecular weight excluding hydrogens is 209 g/mol. The van der Waals surface area contributed by atoms with Gasteiger partial charge in [-0.3, -0.25) is 0 Å². The van der Waals surface area contributed by atoms with E-state index in [9.17, 15) is 22.0 Å². The van der Waals surface area contributed by atoms with Gasteiger partial charge in [-0.05, 0) is 0 Å². The van der Waals surface area contributed by atoms with E-state index in [1.54, 1.807) is 0 Å². The predicted molar refractivity (Wildman–Crippen MR) is 37.5 cm³/mol. The molecule has 0 unspecified atom stereocenters. The Hall–Kier alpha value is -1.53. The molecular formula is C7H4F5NO. The van der Waals surface area contributed by atoms with Gasteiger partial charge in [-0.25, -0.2) is 4.39 Å². The van der Waals surface area contributed by atoms with Crippen LogP contribution in [0.15, 0.2) is 12.1 Å². The summed E-state index contributed by atoms with van der Waals surface area (Å²) in [6.45, 7) is 0. The number of nitrogens with two attached hydrogens (primary N) is 1. The van der Waals surface area contributed by atoms with Crippen LogP contribution >= 0.6 is 0 Å². The molecule has 2 N–H and O–H groups in total. The van der Waals surface area contributed by atoms with Gasteiger partial charge in [0.1, 0.15) is 0 Å². The maximum Gasteiger partial charge on any atom is 0.573 e. The lowest BCUT2D eigenvalue weighted by molar-refractivity contribution is -0.275. The summed E-state index contributed by atoms with van der Waals surface area (Å²) in [6.07, 6.45) is -5.08. The quantitative estimate of drug-likeness (QED) is 0.574. The Kier molecular flexibility index (Phi) is 2.50. The van der Waals surface area contributed by atoms with Crippen molar-refractivity contribution in [1.29, 1.82) is 0 Å². The van der Waals surface area contributed by atoms with Gasteiger partial charge in [0, 0.05) is 17.8 Å². The minimum atomic E-state index is -5.08. The van der Waals surface area contributed by atoms with Gasteiger partial charge < -0.3 is 10.5 Å². The number of halogens is 5. The van der Waals surface area contributed by atoms with E-state index >= 15 is 0 Å². The number of hydrogen-bond acceptors (Lipinski definition) is 2. The third-order valence-electron chi connectivity index (χ3n) is 1.24. The smallest absolute Gasteiger partial charge is 0.402 e. The minimum Gasteiger partial charge on any atom is -0.402 e. The number of nitrogen functional groups attached to an aromatic ring is 1. The average Bonchev–Trinajstić information content (AvgIpc) is 1.96. The minimum absolute atomic E-state index is 0.358. The van der Waals surface area contributed by atoms with Crippen LogP contribution in [-0.2, 0) is 0 Å². The summed E-state index contributed by atoms with van der Waals surface area (Å²) >= 11 is 0. The number of benzene rings is 1. The van der Waals surface area contributed by atoms with Crippen LogP contribution in [0.5, 0.6) is 5.75 Å². The fraction of sp³-hybridized carbons (Fsp3) is 0.143. The van der Waals surface area contributed by atoms with E-state index in [0.29, 0.717) is 12.1 Å². The first-order valence-corrected chi connectivity index (χ1v) is 3.30. The summed E-state index contributed by atoms with van der Waals surface area (Å²) in [5.41, 5.74) is 4.63. The van der Waals surface area contributed by atoms with E-state index in [1.807, 2.05) is 0 Å². The number of anilines is 1. The summed E-state index contributed by atoms with van der Waals surface area (Å²) < 4.78 is 63.3. The van der Waals surface area contributed by atoms with Crippen molar-refractivity contribution >= 4 is 5.69 Å². The molecule has 0 aliphatic heterocycles. The van der Waals surface area contributed by atoms with Crippen LogP contribution in [0.3, 0.4) is 0 Å². The first-order chi connectivity index (χ1) is 6.29. The Morgan fingerprint density at radius 2 is 1.71 bits per heavy atom. The lowest BCUT2D eigenvalue weighted by Gasteiger charge is -2.10. The molecule has 0 saturated carbocycles. The molecule has 14 heavy (non-hydrogen) atoms. The fourth-order valence-corrected chi connectivity index (χ4v) is 0.783. The molecule has 0 aromatic heterocycles.